The van der Waals surface area contributed by atoms with Crippen molar-refractivity contribution in [2.24, 2.45) is 5.92 Å². The van der Waals surface area contributed by atoms with E-state index in [4.69, 9.17) is 4.74 Å². The topological polar surface area (TPSA) is 55.4 Å². The normalized spacial score (nSPS) is 28.0. The SMILES string of the molecule is CCOC(=O)[C@@H]1CC[C@H](C)NC1=O. The van der Waals surface area contributed by atoms with Crippen LogP contribution < -0.4 is 5.32 Å². The van der Waals surface area contributed by atoms with E-state index in [2.05, 4.69) is 5.32 Å². The van der Waals surface area contributed by atoms with Crippen molar-refractivity contribution in [3.05, 3.63) is 0 Å². The van der Waals surface area contributed by atoms with Gasteiger partial charge in [0.1, 0.15) is 5.92 Å². The van der Waals surface area contributed by atoms with Crippen LogP contribution in [0.4, 0.5) is 0 Å². The Hall–Kier alpha value is -1.06. The molecule has 13 heavy (non-hydrogen) atoms. The zero-order chi connectivity index (χ0) is 9.84. The van der Waals surface area contributed by atoms with Crippen LogP contribution in [0.25, 0.3) is 0 Å². The summed E-state index contributed by atoms with van der Waals surface area (Å²) in [6.07, 6.45) is 1.45. The molecule has 0 saturated carbocycles. The van der Waals surface area contributed by atoms with Crippen LogP contribution in [-0.4, -0.2) is 24.5 Å². The third-order valence-electron chi connectivity index (χ3n) is 2.16. The average molecular weight is 185 g/mol. The first-order valence-electron chi connectivity index (χ1n) is 4.62. The summed E-state index contributed by atoms with van der Waals surface area (Å²) in [4.78, 5) is 22.5. The molecule has 0 bridgehead atoms. The van der Waals surface area contributed by atoms with Gasteiger partial charge in [0.25, 0.3) is 0 Å². The van der Waals surface area contributed by atoms with Gasteiger partial charge in [-0.3, -0.25) is 9.59 Å². The van der Waals surface area contributed by atoms with Gasteiger partial charge in [0.15, 0.2) is 0 Å². The smallest absolute Gasteiger partial charge is 0.318 e. The second-order valence-electron chi connectivity index (χ2n) is 3.29. The summed E-state index contributed by atoms with van der Waals surface area (Å²) in [6, 6.07) is 0.179. The van der Waals surface area contributed by atoms with Gasteiger partial charge in [0, 0.05) is 6.04 Å². The van der Waals surface area contributed by atoms with E-state index < -0.39 is 11.9 Å². The minimum absolute atomic E-state index is 0.179. The van der Waals surface area contributed by atoms with Gasteiger partial charge in [0.05, 0.1) is 6.61 Å². The molecule has 0 aromatic carbocycles. The maximum Gasteiger partial charge on any atom is 0.318 e. The molecule has 0 radical (unpaired) electrons. The van der Waals surface area contributed by atoms with Crippen molar-refractivity contribution in [1.82, 2.24) is 5.32 Å². The Balaban J connectivity index is 2.51. The van der Waals surface area contributed by atoms with Crippen LogP contribution in [0.2, 0.25) is 0 Å². The van der Waals surface area contributed by atoms with E-state index in [1.807, 2.05) is 6.92 Å². The second kappa shape index (κ2) is 4.25. The Morgan fingerprint density at radius 2 is 2.31 bits per heavy atom. The monoisotopic (exact) mass is 185 g/mol. The summed E-state index contributed by atoms with van der Waals surface area (Å²) in [7, 11) is 0. The third kappa shape index (κ3) is 2.44. The Morgan fingerprint density at radius 1 is 1.62 bits per heavy atom. The summed E-state index contributed by atoms with van der Waals surface area (Å²) < 4.78 is 4.79. The predicted molar refractivity (Wildman–Crippen MR) is 47.0 cm³/mol. The highest BCUT2D eigenvalue weighted by Crippen LogP contribution is 2.16. The van der Waals surface area contributed by atoms with Crippen molar-refractivity contribution < 1.29 is 14.3 Å². The first kappa shape index (κ1) is 10.0. The van der Waals surface area contributed by atoms with E-state index in [0.29, 0.717) is 13.0 Å². The number of esters is 1. The molecule has 0 aliphatic carbocycles. The molecule has 1 heterocycles. The van der Waals surface area contributed by atoms with Crippen LogP contribution in [0.15, 0.2) is 0 Å². The Kier molecular flexibility index (Phi) is 3.28. The maximum atomic E-state index is 11.3. The number of hydrogen-bond donors (Lipinski definition) is 1. The molecule has 1 aliphatic rings. The van der Waals surface area contributed by atoms with Gasteiger partial charge in [-0.2, -0.15) is 0 Å². The van der Waals surface area contributed by atoms with Crippen molar-refractivity contribution in [1.29, 1.82) is 0 Å². The molecule has 0 spiro atoms. The molecule has 0 aromatic rings. The number of amides is 1. The molecular weight excluding hydrogens is 170 g/mol. The molecule has 1 saturated heterocycles. The number of hydrogen-bond acceptors (Lipinski definition) is 3. The molecule has 4 nitrogen and oxygen atoms in total. The van der Waals surface area contributed by atoms with Crippen molar-refractivity contribution in [2.45, 2.75) is 32.7 Å². The summed E-state index contributed by atoms with van der Waals surface area (Å²) in [5.74, 6) is -1.18. The molecule has 1 fully saturated rings. The quantitative estimate of drug-likeness (QED) is 0.502. The lowest BCUT2D eigenvalue weighted by atomic mass is 9.95. The van der Waals surface area contributed by atoms with Crippen LogP contribution in [0.1, 0.15) is 26.7 Å². The van der Waals surface area contributed by atoms with Crippen molar-refractivity contribution in [3.63, 3.8) is 0 Å². The molecular formula is C9H15NO3. The molecule has 2 atom stereocenters. The highest BCUT2D eigenvalue weighted by Gasteiger charge is 2.32. The van der Waals surface area contributed by atoms with Crippen LogP contribution in [0, 0.1) is 5.92 Å². The standard InChI is InChI=1S/C9H15NO3/c1-3-13-9(12)7-5-4-6(2)10-8(7)11/h6-7H,3-5H2,1-2H3,(H,10,11)/t6-,7+/m0/s1. The minimum atomic E-state index is -0.587. The van der Waals surface area contributed by atoms with Gasteiger partial charge in [-0.15, -0.1) is 0 Å². The van der Waals surface area contributed by atoms with Crippen LogP contribution in [-0.2, 0) is 14.3 Å². The van der Waals surface area contributed by atoms with Gasteiger partial charge in [-0.25, -0.2) is 0 Å². The predicted octanol–water partition coefficient (Wildman–Crippen LogP) is 0.464. The van der Waals surface area contributed by atoms with Crippen molar-refractivity contribution in [3.8, 4) is 0 Å². The summed E-state index contributed by atoms with van der Waals surface area (Å²) in [6.45, 7) is 4.00. The zero-order valence-corrected chi connectivity index (χ0v) is 8.00. The van der Waals surface area contributed by atoms with E-state index in [0.717, 1.165) is 6.42 Å². The maximum absolute atomic E-state index is 11.3. The number of piperidine rings is 1. The van der Waals surface area contributed by atoms with E-state index >= 15 is 0 Å². The minimum Gasteiger partial charge on any atom is -0.465 e. The van der Waals surface area contributed by atoms with Crippen LogP contribution >= 0.6 is 0 Å². The molecule has 0 aromatic heterocycles. The Morgan fingerprint density at radius 3 is 2.85 bits per heavy atom. The highest BCUT2D eigenvalue weighted by molar-refractivity contribution is 5.98. The highest BCUT2D eigenvalue weighted by atomic mass is 16.5. The summed E-state index contributed by atoms with van der Waals surface area (Å²) >= 11 is 0. The molecule has 0 unspecified atom stereocenters. The lowest BCUT2D eigenvalue weighted by Gasteiger charge is -2.25. The number of carbonyl (C=O) groups excluding carboxylic acids is 2. The van der Waals surface area contributed by atoms with Crippen LogP contribution in [0.3, 0.4) is 0 Å². The first-order chi connectivity index (χ1) is 6.15. The fourth-order valence-corrected chi connectivity index (χ4v) is 1.43. The van der Waals surface area contributed by atoms with Crippen molar-refractivity contribution >= 4 is 11.9 Å². The molecule has 74 valence electrons. The van der Waals surface area contributed by atoms with Gasteiger partial charge < -0.3 is 10.1 Å². The molecule has 1 aliphatic heterocycles. The fourth-order valence-electron chi connectivity index (χ4n) is 1.43. The van der Waals surface area contributed by atoms with E-state index in [-0.39, 0.29) is 11.9 Å². The zero-order valence-electron chi connectivity index (χ0n) is 8.00. The number of rotatable bonds is 2. The Labute approximate surface area is 77.6 Å². The largest absolute Gasteiger partial charge is 0.465 e. The van der Waals surface area contributed by atoms with Crippen molar-refractivity contribution in [2.75, 3.05) is 6.61 Å². The van der Waals surface area contributed by atoms with E-state index in [1.165, 1.54) is 0 Å². The van der Waals surface area contributed by atoms with E-state index in [9.17, 15) is 9.59 Å². The van der Waals surface area contributed by atoms with E-state index in [1.54, 1.807) is 6.92 Å². The lowest BCUT2D eigenvalue weighted by Crippen LogP contribution is -2.45. The van der Waals surface area contributed by atoms with Gasteiger partial charge >= 0.3 is 5.97 Å². The molecule has 1 N–H and O–H groups in total. The third-order valence-corrected chi connectivity index (χ3v) is 2.16. The number of nitrogens with one attached hydrogen (secondary N) is 1. The number of ether oxygens (including phenoxy) is 1. The summed E-state index contributed by atoms with van der Waals surface area (Å²) in [5, 5.41) is 2.73. The Bertz CT molecular complexity index is 207. The molecule has 4 heteroatoms. The fraction of sp³-hybridized carbons (Fsp3) is 0.778. The number of carbonyl (C=O) groups is 2. The lowest BCUT2D eigenvalue weighted by molar-refractivity contribution is -0.153. The first-order valence-corrected chi connectivity index (χ1v) is 4.62. The van der Waals surface area contributed by atoms with Crippen LogP contribution in [0.5, 0.6) is 0 Å². The molecule has 1 rings (SSSR count). The van der Waals surface area contributed by atoms with Gasteiger partial charge in [-0.05, 0) is 26.7 Å². The van der Waals surface area contributed by atoms with Gasteiger partial charge in [-0.1, -0.05) is 0 Å². The summed E-state index contributed by atoms with van der Waals surface area (Å²) in [5.41, 5.74) is 0. The molecule has 1 amide bonds. The second-order valence-corrected chi connectivity index (χ2v) is 3.29. The average Bonchev–Trinajstić information content (AvgIpc) is 2.04. The van der Waals surface area contributed by atoms with Gasteiger partial charge in [0.2, 0.25) is 5.91 Å².